The molecule has 0 amide bonds. The van der Waals surface area contributed by atoms with E-state index in [-0.39, 0.29) is 6.10 Å². The van der Waals surface area contributed by atoms with Crippen molar-refractivity contribution >= 4 is 11.6 Å². The fourth-order valence-electron chi connectivity index (χ4n) is 4.54. The summed E-state index contributed by atoms with van der Waals surface area (Å²) in [6.07, 6.45) is 7.08. The maximum atomic E-state index is 6.14. The van der Waals surface area contributed by atoms with Crippen LogP contribution in [-0.4, -0.2) is 50.0 Å². The van der Waals surface area contributed by atoms with Gasteiger partial charge in [-0.15, -0.1) is 0 Å². The van der Waals surface area contributed by atoms with Crippen LogP contribution in [0.1, 0.15) is 49.7 Å². The number of rotatable bonds is 6. The summed E-state index contributed by atoms with van der Waals surface area (Å²) in [7, 11) is 1.88. The highest BCUT2D eigenvalue weighted by Gasteiger charge is 2.40. The second kappa shape index (κ2) is 7.44. The molecule has 5 heterocycles. The minimum Gasteiger partial charge on any atom is -0.480 e. The third kappa shape index (κ3) is 3.56. The van der Waals surface area contributed by atoms with Gasteiger partial charge in [-0.3, -0.25) is 4.68 Å². The molecule has 2 saturated heterocycles. The standard InChI is InChI=1S/C23H27N7O2/c1-13(18-5-6-29(2)28-18)32-20-7-15(10-25-22(20)24)19-9-21(27-23(26-19)14-3-4-14)30-11-17-8-16(30)12-31-17/h5-7,9-10,13-14,16-17H,3-4,8,11-12H2,1-2H3,(H2,24,25)/t13?,16-,17-/m0/s1. The minimum atomic E-state index is -0.251. The predicted molar refractivity (Wildman–Crippen MR) is 119 cm³/mol. The minimum absolute atomic E-state index is 0.251. The lowest BCUT2D eigenvalue weighted by Crippen LogP contribution is -2.37. The maximum Gasteiger partial charge on any atom is 0.166 e. The highest BCUT2D eigenvalue weighted by Crippen LogP contribution is 2.41. The first-order valence-corrected chi connectivity index (χ1v) is 11.2. The van der Waals surface area contributed by atoms with Gasteiger partial charge in [-0.25, -0.2) is 15.0 Å². The molecular formula is C23H27N7O2. The molecule has 32 heavy (non-hydrogen) atoms. The topological polar surface area (TPSA) is 104 Å². The van der Waals surface area contributed by atoms with Crippen molar-refractivity contribution in [2.75, 3.05) is 23.8 Å². The van der Waals surface area contributed by atoms with E-state index in [2.05, 4.69) is 21.0 Å². The summed E-state index contributed by atoms with van der Waals surface area (Å²) in [5, 5.41) is 4.42. The zero-order chi connectivity index (χ0) is 21.8. The van der Waals surface area contributed by atoms with Crippen LogP contribution in [0.2, 0.25) is 0 Å². The van der Waals surface area contributed by atoms with Gasteiger partial charge in [0.05, 0.1) is 24.4 Å². The van der Waals surface area contributed by atoms with Crippen LogP contribution in [0, 0.1) is 0 Å². The van der Waals surface area contributed by atoms with Crippen LogP contribution in [0.4, 0.5) is 11.6 Å². The maximum absolute atomic E-state index is 6.14. The molecule has 1 saturated carbocycles. The Morgan fingerprint density at radius 3 is 2.81 bits per heavy atom. The third-order valence-corrected chi connectivity index (χ3v) is 6.50. The Kier molecular flexibility index (Phi) is 4.53. The van der Waals surface area contributed by atoms with Crippen LogP contribution in [0.25, 0.3) is 11.3 Å². The van der Waals surface area contributed by atoms with E-state index >= 15 is 0 Å². The molecule has 0 radical (unpaired) electrons. The molecule has 9 heteroatoms. The summed E-state index contributed by atoms with van der Waals surface area (Å²) in [6, 6.07) is 6.32. The van der Waals surface area contributed by atoms with Gasteiger partial charge in [0.25, 0.3) is 0 Å². The number of nitrogen functional groups attached to an aromatic ring is 1. The van der Waals surface area contributed by atoms with Gasteiger partial charge < -0.3 is 20.1 Å². The molecule has 9 nitrogen and oxygen atoms in total. The number of nitrogens with two attached hydrogens (primary N) is 1. The van der Waals surface area contributed by atoms with Crippen LogP contribution < -0.4 is 15.4 Å². The average molecular weight is 434 g/mol. The van der Waals surface area contributed by atoms with E-state index in [1.54, 1.807) is 10.9 Å². The van der Waals surface area contributed by atoms with Crippen LogP contribution in [0.3, 0.4) is 0 Å². The fraction of sp³-hybridized carbons (Fsp3) is 0.478. The SMILES string of the molecule is CC(Oc1cc(-c2cc(N3C[C@@H]4C[C@H]3CO4)nc(C3CC3)n2)cnc1N)c1ccn(C)n1. The largest absolute Gasteiger partial charge is 0.480 e. The van der Waals surface area contributed by atoms with Crippen LogP contribution in [0.5, 0.6) is 5.75 Å². The van der Waals surface area contributed by atoms with Crippen LogP contribution >= 0.6 is 0 Å². The first-order chi connectivity index (χ1) is 15.5. The first kappa shape index (κ1) is 19.5. The van der Waals surface area contributed by atoms with E-state index in [9.17, 15) is 0 Å². The summed E-state index contributed by atoms with van der Waals surface area (Å²) in [5.74, 6) is 3.23. The number of anilines is 2. The van der Waals surface area contributed by atoms with Crippen LogP contribution in [-0.2, 0) is 11.8 Å². The third-order valence-electron chi connectivity index (χ3n) is 6.50. The highest BCUT2D eigenvalue weighted by molar-refractivity contribution is 5.67. The van der Waals surface area contributed by atoms with E-state index in [4.69, 9.17) is 25.2 Å². The molecule has 0 aromatic carbocycles. The second-order valence-corrected chi connectivity index (χ2v) is 9.02. The second-order valence-electron chi connectivity index (χ2n) is 9.02. The van der Waals surface area contributed by atoms with Crippen molar-refractivity contribution in [2.24, 2.45) is 7.05 Å². The van der Waals surface area contributed by atoms with Crippen LogP contribution in [0.15, 0.2) is 30.6 Å². The van der Waals surface area contributed by atoms with Crippen molar-refractivity contribution in [3.05, 3.63) is 42.1 Å². The number of hydrogen-bond donors (Lipinski definition) is 1. The Balaban J connectivity index is 1.33. The number of aromatic nitrogens is 5. The lowest BCUT2D eigenvalue weighted by Gasteiger charge is -2.28. The Morgan fingerprint density at radius 1 is 1.25 bits per heavy atom. The molecule has 3 aromatic rings. The lowest BCUT2D eigenvalue weighted by atomic mass is 10.1. The Labute approximate surface area is 186 Å². The van der Waals surface area contributed by atoms with E-state index in [1.165, 1.54) is 0 Å². The average Bonchev–Trinajstić information content (AvgIpc) is 3.19. The van der Waals surface area contributed by atoms with Crippen molar-refractivity contribution in [3.8, 4) is 17.0 Å². The monoisotopic (exact) mass is 433 g/mol. The fourth-order valence-corrected chi connectivity index (χ4v) is 4.54. The summed E-state index contributed by atoms with van der Waals surface area (Å²) in [5.41, 5.74) is 8.70. The smallest absolute Gasteiger partial charge is 0.166 e. The van der Waals surface area contributed by atoms with E-state index < -0.39 is 0 Å². The van der Waals surface area contributed by atoms with E-state index in [0.29, 0.717) is 29.6 Å². The summed E-state index contributed by atoms with van der Waals surface area (Å²) >= 11 is 0. The van der Waals surface area contributed by atoms with Crippen molar-refractivity contribution in [1.29, 1.82) is 0 Å². The van der Waals surface area contributed by atoms with Gasteiger partial charge in [0, 0.05) is 43.5 Å². The number of pyridine rings is 1. The van der Waals surface area contributed by atoms with Gasteiger partial charge in [0.15, 0.2) is 11.6 Å². The Hall–Kier alpha value is -3.20. The molecule has 6 rings (SSSR count). The van der Waals surface area contributed by atoms with Gasteiger partial charge >= 0.3 is 0 Å². The molecular weight excluding hydrogens is 406 g/mol. The molecule has 2 bridgehead atoms. The number of fused-ring (bicyclic) bond motifs is 2. The van der Waals surface area contributed by atoms with Crippen molar-refractivity contribution in [1.82, 2.24) is 24.7 Å². The van der Waals surface area contributed by atoms with Gasteiger partial charge in [-0.05, 0) is 38.3 Å². The van der Waals surface area contributed by atoms with Gasteiger partial charge in [0.1, 0.15) is 23.4 Å². The van der Waals surface area contributed by atoms with E-state index in [1.807, 2.05) is 32.3 Å². The van der Waals surface area contributed by atoms with Crippen molar-refractivity contribution in [2.45, 2.75) is 50.4 Å². The summed E-state index contributed by atoms with van der Waals surface area (Å²) in [4.78, 5) is 16.6. The van der Waals surface area contributed by atoms with Crippen molar-refractivity contribution < 1.29 is 9.47 Å². The number of aryl methyl sites for hydroxylation is 1. The quantitative estimate of drug-likeness (QED) is 0.633. The van der Waals surface area contributed by atoms with Gasteiger partial charge in [-0.2, -0.15) is 5.10 Å². The Morgan fingerprint density at radius 2 is 2.12 bits per heavy atom. The molecule has 3 fully saturated rings. The highest BCUT2D eigenvalue weighted by atomic mass is 16.5. The molecule has 3 atom stereocenters. The first-order valence-electron chi connectivity index (χ1n) is 11.2. The number of ether oxygens (including phenoxy) is 2. The normalized spacial score (nSPS) is 23.0. The van der Waals surface area contributed by atoms with Gasteiger partial charge in [0.2, 0.25) is 0 Å². The molecule has 3 aromatic heterocycles. The zero-order valence-electron chi connectivity index (χ0n) is 18.3. The Bertz CT molecular complexity index is 1160. The van der Waals surface area contributed by atoms with Crippen molar-refractivity contribution in [3.63, 3.8) is 0 Å². The number of nitrogens with zero attached hydrogens (tertiary/aromatic N) is 6. The molecule has 2 N–H and O–H groups in total. The molecule has 0 spiro atoms. The van der Waals surface area contributed by atoms with E-state index in [0.717, 1.165) is 61.0 Å². The number of morpholine rings is 1. The lowest BCUT2D eigenvalue weighted by molar-refractivity contribution is 0.0989. The molecule has 3 aliphatic rings. The summed E-state index contributed by atoms with van der Waals surface area (Å²) < 4.78 is 13.7. The number of hydrogen-bond acceptors (Lipinski definition) is 8. The zero-order valence-corrected chi connectivity index (χ0v) is 18.3. The molecule has 2 aliphatic heterocycles. The molecule has 166 valence electrons. The predicted octanol–water partition coefficient (Wildman–Crippen LogP) is 2.85. The summed E-state index contributed by atoms with van der Waals surface area (Å²) in [6.45, 7) is 3.61. The molecule has 1 unspecified atom stereocenters. The molecule has 1 aliphatic carbocycles. The van der Waals surface area contributed by atoms with Gasteiger partial charge in [-0.1, -0.05) is 0 Å².